The third-order valence-corrected chi connectivity index (χ3v) is 4.48. The highest BCUT2D eigenvalue weighted by Gasteiger charge is 2.11. The van der Waals surface area contributed by atoms with Gasteiger partial charge in [-0.25, -0.2) is 15.0 Å². The van der Waals surface area contributed by atoms with Crippen molar-refractivity contribution in [2.75, 3.05) is 36.6 Å². The molecule has 4 N–H and O–H groups in total. The number of anilines is 4. The predicted molar refractivity (Wildman–Crippen MR) is 99.1 cm³/mol. The lowest BCUT2D eigenvalue weighted by atomic mass is 10.2. The van der Waals surface area contributed by atoms with E-state index in [0.29, 0.717) is 23.9 Å². The summed E-state index contributed by atoms with van der Waals surface area (Å²) in [5.74, 6) is 1.16. The number of nitrogens with zero attached hydrogens (tertiary/aromatic N) is 3. The molecule has 0 aliphatic carbocycles. The van der Waals surface area contributed by atoms with Crippen molar-refractivity contribution >= 4 is 44.0 Å². The van der Waals surface area contributed by atoms with Gasteiger partial charge in [0.15, 0.2) is 16.8 Å². The van der Waals surface area contributed by atoms with Gasteiger partial charge in [0, 0.05) is 20.3 Å². The summed E-state index contributed by atoms with van der Waals surface area (Å²) < 4.78 is 6.16. The van der Waals surface area contributed by atoms with Crippen molar-refractivity contribution in [2.24, 2.45) is 0 Å². The number of hydrogen-bond acceptors (Lipinski definition) is 8. The zero-order chi connectivity index (χ0) is 16.9. The van der Waals surface area contributed by atoms with E-state index in [1.54, 1.807) is 18.4 Å². The maximum Gasteiger partial charge on any atom is 0.189 e. The van der Waals surface area contributed by atoms with Gasteiger partial charge in [0.25, 0.3) is 0 Å². The first kappa shape index (κ1) is 16.4. The Kier molecular flexibility index (Phi) is 5.07. The van der Waals surface area contributed by atoms with Crippen LogP contribution in [0.3, 0.4) is 0 Å². The molecule has 8 heteroatoms. The molecule has 2 aromatic heterocycles. The Morgan fingerprint density at radius 1 is 1.25 bits per heavy atom. The van der Waals surface area contributed by atoms with E-state index in [2.05, 4.69) is 31.7 Å². The number of aryl methyl sites for hydroxylation is 1. The molecule has 0 atom stereocenters. The van der Waals surface area contributed by atoms with Crippen molar-refractivity contribution in [3.05, 3.63) is 30.1 Å². The molecule has 0 aliphatic heterocycles. The largest absolute Gasteiger partial charge is 0.393 e. The summed E-state index contributed by atoms with van der Waals surface area (Å²) in [6.07, 6.45) is 2.36. The molecule has 3 rings (SSSR count). The molecule has 0 aliphatic rings. The van der Waals surface area contributed by atoms with Crippen LogP contribution >= 0.6 is 11.3 Å². The molecule has 0 bridgehead atoms. The molecule has 126 valence electrons. The van der Waals surface area contributed by atoms with Crippen LogP contribution in [-0.4, -0.2) is 35.2 Å². The quantitative estimate of drug-likeness (QED) is 0.566. The standard InChI is InChI=1S/C16H20N6OS/c1-10-5-3-6-11-13(10)21-16(24-11)22-15-12(17)14(19-9-20-15)18-7-4-8-23-2/h3,5-6,9H,4,7-8,17H2,1-2H3,(H2,18,19,20,21,22). The van der Waals surface area contributed by atoms with E-state index >= 15 is 0 Å². The number of aromatic nitrogens is 3. The molecule has 7 nitrogen and oxygen atoms in total. The normalized spacial score (nSPS) is 10.9. The van der Waals surface area contributed by atoms with E-state index in [9.17, 15) is 0 Å². The van der Waals surface area contributed by atoms with Gasteiger partial charge in [-0.05, 0) is 25.0 Å². The third kappa shape index (κ3) is 3.55. The van der Waals surface area contributed by atoms with Crippen molar-refractivity contribution in [1.82, 2.24) is 15.0 Å². The van der Waals surface area contributed by atoms with E-state index in [1.807, 2.05) is 19.1 Å². The Morgan fingerprint density at radius 3 is 2.88 bits per heavy atom. The van der Waals surface area contributed by atoms with Gasteiger partial charge in [-0.3, -0.25) is 0 Å². The lowest BCUT2D eigenvalue weighted by Crippen LogP contribution is -2.10. The number of nitrogens with two attached hydrogens (primary N) is 1. The molecule has 2 heterocycles. The smallest absolute Gasteiger partial charge is 0.189 e. The number of thiazole rings is 1. The summed E-state index contributed by atoms with van der Waals surface area (Å²) in [5, 5.41) is 7.15. The van der Waals surface area contributed by atoms with Crippen molar-refractivity contribution in [3.63, 3.8) is 0 Å². The number of nitrogens with one attached hydrogen (secondary N) is 2. The van der Waals surface area contributed by atoms with Crippen molar-refractivity contribution in [1.29, 1.82) is 0 Å². The van der Waals surface area contributed by atoms with Crippen LogP contribution in [0.4, 0.5) is 22.5 Å². The van der Waals surface area contributed by atoms with Gasteiger partial charge in [0.05, 0.1) is 10.2 Å². The summed E-state index contributed by atoms with van der Waals surface area (Å²) in [7, 11) is 1.68. The van der Waals surface area contributed by atoms with Gasteiger partial charge < -0.3 is 21.1 Å². The van der Waals surface area contributed by atoms with Crippen LogP contribution in [0.5, 0.6) is 0 Å². The van der Waals surface area contributed by atoms with E-state index in [-0.39, 0.29) is 0 Å². The minimum Gasteiger partial charge on any atom is -0.393 e. The minimum atomic E-state index is 0.478. The van der Waals surface area contributed by atoms with E-state index < -0.39 is 0 Å². The summed E-state index contributed by atoms with van der Waals surface area (Å²) in [6.45, 7) is 3.47. The lowest BCUT2D eigenvalue weighted by molar-refractivity contribution is 0.198. The molecular weight excluding hydrogens is 324 g/mol. The van der Waals surface area contributed by atoms with Crippen LogP contribution in [0.1, 0.15) is 12.0 Å². The molecular formula is C16H20N6OS. The Bertz CT molecular complexity index is 835. The van der Waals surface area contributed by atoms with Gasteiger partial charge in [-0.15, -0.1) is 0 Å². The first-order valence-corrected chi connectivity index (χ1v) is 8.47. The van der Waals surface area contributed by atoms with Gasteiger partial charge in [-0.1, -0.05) is 23.5 Å². The molecule has 0 saturated carbocycles. The molecule has 1 aromatic carbocycles. The number of nitrogen functional groups attached to an aromatic ring is 1. The predicted octanol–water partition coefficient (Wildman–Crippen LogP) is 3.17. The average molecular weight is 344 g/mol. The van der Waals surface area contributed by atoms with Crippen LogP contribution < -0.4 is 16.4 Å². The van der Waals surface area contributed by atoms with Gasteiger partial charge in [0.1, 0.15) is 12.0 Å². The number of fused-ring (bicyclic) bond motifs is 1. The van der Waals surface area contributed by atoms with Crippen molar-refractivity contribution in [3.8, 4) is 0 Å². The fraction of sp³-hybridized carbons (Fsp3) is 0.312. The molecule has 24 heavy (non-hydrogen) atoms. The summed E-state index contributed by atoms with van der Waals surface area (Å²) in [5.41, 5.74) is 8.79. The van der Waals surface area contributed by atoms with Gasteiger partial charge in [-0.2, -0.15) is 0 Å². The maximum absolute atomic E-state index is 6.17. The summed E-state index contributed by atoms with van der Waals surface area (Å²) >= 11 is 1.57. The minimum absolute atomic E-state index is 0.478. The third-order valence-electron chi connectivity index (χ3n) is 3.55. The number of ether oxygens (including phenoxy) is 1. The Balaban J connectivity index is 1.77. The highest BCUT2D eigenvalue weighted by molar-refractivity contribution is 7.22. The zero-order valence-corrected chi connectivity index (χ0v) is 14.5. The molecule has 0 amide bonds. The highest BCUT2D eigenvalue weighted by Crippen LogP contribution is 2.32. The first-order chi connectivity index (χ1) is 11.7. The van der Waals surface area contributed by atoms with Gasteiger partial charge >= 0.3 is 0 Å². The average Bonchev–Trinajstić information content (AvgIpc) is 2.99. The monoisotopic (exact) mass is 344 g/mol. The fourth-order valence-electron chi connectivity index (χ4n) is 2.30. The zero-order valence-electron chi connectivity index (χ0n) is 13.7. The number of methoxy groups -OCH3 is 1. The molecule has 3 aromatic rings. The van der Waals surface area contributed by atoms with Crippen LogP contribution in [0.2, 0.25) is 0 Å². The number of benzene rings is 1. The Morgan fingerprint density at radius 2 is 2.08 bits per heavy atom. The summed E-state index contributed by atoms with van der Waals surface area (Å²) in [4.78, 5) is 13.0. The first-order valence-electron chi connectivity index (χ1n) is 7.65. The van der Waals surface area contributed by atoms with Gasteiger partial charge in [0.2, 0.25) is 0 Å². The molecule has 0 unspecified atom stereocenters. The van der Waals surface area contributed by atoms with E-state index in [0.717, 1.165) is 33.9 Å². The van der Waals surface area contributed by atoms with Crippen LogP contribution in [0.15, 0.2) is 24.5 Å². The number of rotatable bonds is 7. The maximum atomic E-state index is 6.17. The topological polar surface area (TPSA) is 98.0 Å². The number of para-hydroxylation sites is 1. The lowest BCUT2D eigenvalue weighted by Gasteiger charge is -2.11. The SMILES string of the molecule is COCCCNc1ncnc(Nc2nc3c(C)cccc3s2)c1N. The van der Waals surface area contributed by atoms with Crippen LogP contribution in [0.25, 0.3) is 10.2 Å². The Labute approximate surface area is 144 Å². The fourth-order valence-corrected chi connectivity index (χ4v) is 3.24. The molecule has 0 spiro atoms. The van der Waals surface area contributed by atoms with Crippen LogP contribution in [0, 0.1) is 6.92 Å². The highest BCUT2D eigenvalue weighted by atomic mass is 32.1. The summed E-state index contributed by atoms with van der Waals surface area (Å²) in [6, 6.07) is 6.13. The Hall–Kier alpha value is -2.45. The molecule has 0 fully saturated rings. The van der Waals surface area contributed by atoms with E-state index in [4.69, 9.17) is 10.5 Å². The number of hydrogen-bond donors (Lipinski definition) is 3. The second-order valence-electron chi connectivity index (χ2n) is 5.32. The second kappa shape index (κ2) is 7.41. The molecule has 0 radical (unpaired) electrons. The van der Waals surface area contributed by atoms with E-state index in [1.165, 1.54) is 6.33 Å². The second-order valence-corrected chi connectivity index (χ2v) is 6.35. The van der Waals surface area contributed by atoms with Crippen molar-refractivity contribution in [2.45, 2.75) is 13.3 Å². The molecule has 0 saturated heterocycles. The van der Waals surface area contributed by atoms with Crippen LogP contribution in [-0.2, 0) is 4.74 Å². The van der Waals surface area contributed by atoms with Crippen molar-refractivity contribution < 1.29 is 4.74 Å².